The van der Waals surface area contributed by atoms with Crippen LogP contribution in [0.4, 0.5) is 5.69 Å². The van der Waals surface area contributed by atoms with Gasteiger partial charge in [0.1, 0.15) is 6.10 Å². The summed E-state index contributed by atoms with van der Waals surface area (Å²) < 4.78 is 10.3. The molecule has 6 heteroatoms. The molecule has 2 fully saturated rings. The van der Waals surface area contributed by atoms with Crippen LogP contribution in [0.5, 0.6) is 0 Å². The Labute approximate surface area is 103 Å². The number of carboxylic acids is 1. The van der Waals surface area contributed by atoms with E-state index >= 15 is 0 Å². The van der Waals surface area contributed by atoms with Crippen LogP contribution in [0.15, 0.2) is 30.3 Å². The molecule has 2 heterocycles. The van der Waals surface area contributed by atoms with Gasteiger partial charge in [0.2, 0.25) is 6.29 Å². The summed E-state index contributed by atoms with van der Waals surface area (Å²) in [5, 5.41) is 8.97. The highest BCUT2D eigenvalue weighted by Crippen LogP contribution is 2.30. The second kappa shape index (κ2) is 4.08. The first-order valence-corrected chi connectivity index (χ1v) is 5.57. The highest BCUT2D eigenvalue weighted by atomic mass is 16.7. The number of ether oxygens (including phenoxy) is 2. The molecule has 94 valence electrons. The van der Waals surface area contributed by atoms with Crippen molar-refractivity contribution in [3.05, 3.63) is 30.3 Å². The minimum absolute atomic E-state index is 0.191. The first-order chi connectivity index (χ1) is 8.66. The number of carbonyl (C=O) groups excluding carboxylic acids is 1. The van der Waals surface area contributed by atoms with Crippen molar-refractivity contribution >= 4 is 17.6 Å². The molecule has 2 aliphatic rings. The van der Waals surface area contributed by atoms with E-state index in [9.17, 15) is 9.59 Å². The summed E-state index contributed by atoms with van der Waals surface area (Å²) in [4.78, 5) is 24.5. The lowest BCUT2D eigenvalue weighted by Crippen LogP contribution is -2.49. The molecule has 0 spiro atoms. The molecule has 0 saturated carbocycles. The number of aliphatic carboxylic acids is 1. The number of nitrogens with zero attached hydrogens (tertiary/aromatic N) is 1. The van der Waals surface area contributed by atoms with Gasteiger partial charge >= 0.3 is 5.97 Å². The highest BCUT2D eigenvalue weighted by molar-refractivity contribution is 5.97. The fraction of sp³-hybridized carbons (Fsp3) is 0.333. The number of hydrogen-bond acceptors (Lipinski definition) is 4. The molecule has 1 aromatic rings. The van der Waals surface area contributed by atoms with Crippen LogP contribution >= 0.6 is 0 Å². The Bertz CT molecular complexity index is 489. The molecule has 0 aromatic heterocycles. The average molecular weight is 249 g/mol. The first kappa shape index (κ1) is 11.2. The van der Waals surface area contributed by atoms with Crippen LogP contribution in [0.25, 0.3) is 0 Å². The molecule has 2 aliphatic heterocycles. The second-order valence-corrected chi connectivity index (χ2v) is 4.19. The lowest BCUT2D eigenvalue weighted by molar-refractivity contribution is -0.157. The zero-order chi connectivity index (χ0) is 12.7. The van der Waals surface area contributed by atoms with Crippen LogP contribution in [0, 0.1) is 0 Å². The predicted octanol–water partition coefficient (Wildman–Crippen LogP) is 0.228. The van der Waals surface area contributed by atoms with Crippen molar-refractivity contribution in [3.63, 3.8) is 0 Å². The number of carbonyl (C=O) groups is 2. The van der Waals surface area contributed by atoms with Gasteiger partial charge in [-0.1, -0.05) is 18.2 Å². The number of fused-ring (bicyclic) bond motifs is 2. The van der Waals surface area contributed by atoms with Gasteiger partial charge in [0.05, 0.1) is 6.54 Å². The van der Waals surface area contributed by atoms with Crippen LogP contribution in [-0.2, 0) is 19.1 Å². The maximum atomic E-state index is 12.0. The number of carboxylic acid groups (broad SMARTS) is 1. The van der Waals surface area contributed by atoms with Gasteiger partial charge in [0.25, 0.3) is 5.91 Å². The summed E-state index contributed by atoms with van der Waals surface area (Å²) in [6.45, 7) is 0.191. The molecule has 6 nitrogen and oxygen atoms in total. The molecule has 18 heavy (non-hydrogen) atoms. The van der Waals surface area contributed by atoms with Crippen LogP contribution < -0.4 is 4.90 Å². The van der Waals surface area contributed by atoms with E-state index in [2.05, 4.69) is 0 Å². The van der Waals surface area contributed by atoms with Crippen molar-refractivity contribution in [3.8, 4) is 0 Å². The van der Waals surface area contributed by atoms with Crippen LogP contribution in [0.2, 0.25) is 0 Å². The maximum absolute atomic E-state index is 12.0. The van der Waals surface area contributed by atoms with Gasteiger partial charge in [0, 0.05) is 5.69 Å². The minimum atomic E-state index is -1.11. The third-order valence-electron chi connectivity index (χ3n) is 3.05. The van der Waals surface area contributed by atoms with Gasteiger partial charge in [-0.3, -0.25) is 4.79 Å². The number of benzene rings is 1. The Kier molecular flexibility index (Phi) is 2.53. The van der Waals surface area contributed by atoms with E-state index in [-0.39, 0.29) is 12.5 Å². The van der Waals surface area contributed by atoms with Gasteiger partial charge in [-0.05, 0) is 12.1 Å². The van der Waals surface area contributed by atoms with Crippen molar-refractivity contribution in [2.24, 2.45) is 0 Å². The lowest BCUT2D eigenvalue weighted by Gasteiger charge is -2.30. The molecule has 0 unspecified atom stereocenters. The van der Waals surface area contributed by atoms with E-state index < -0.39 is 24.5 Å². The van der Waals surface area contributed by atoms with Crippen LogP contribution in [-0.4, -0.2) is 42.0 Å². The molecule has 3 rings (SSSR count). The van der Waals surface area contributed by atoms with Crippen molar-refractivity contribution in [1.82, 2.24) is 0 Å². The second-order valence-electron chi connectivity index (χ2n) is 4.19. The summed E-state index contributed by atoms with van der Waals surface area (Å²) in [6.07, 6.45) is -2.80. The standard InChI is InChI=1S/C12H11NO5/c14-10-12-17-8(9(18-12)11(15)16)6-13(10)7-4-2-1-3-5-7/h1-5,8-9,12H,6H2,(H,15,16)/t8-,9+,12+/m1/s1. The molecule has 2 saturated heterocycles. The summed E-state index contributed by atoms with van der Waals surface area (Å²) in [5.41, 5.74) is 0.718. The summed E-state index contributed by atoms with van der Waals surface area (Å²) in [5.74, 6) is -1.47. The van der Waals surface area contributed by atoms with Gasteiger partial charge in [0.15, 0.2) is 6.10 Å². The third-order valence-corrected chi connectivity index (χ3v) is 3.05. The Hall–Kier alpha value is -1.92. The van der Waals surface area contributed by atoms with Gasteiger partial charge < -0.3 is 19.5 Å². The molecule has 1 N–H and O–H groups in total. The largest absolute Gasteiger partial charge is 0.479 e. The normalized spacial score (nSPS) is 30.6. The monoisotopic (exact) mass is 249 g/mol. The fourth-order valence-electron chi connectivity index (χ4n) is 2.19. The summed E-state index contributed by atoms with van der Waals surface area (Å²) >= 11 is 0. The molecule has 1 aromatic carbocycles. The molecular formula is C12H11NO5. The number of amides is 1. The van der Waals surface area contributed by atoms with Crippen molar-refractivity contribution in [2.75, 3.05) is 11.4 Å². The number of para-hydroxylation sites is 1. The summed E-state index contributed by atoms with van der Waals surface area (Å²) in [7, 11) is 0. The van der Waals surface area contributed by atoms with Gasteiger partial charge in [-0.25, -0.2) is 4.79 Å². The quantitative estimate of drug-likeness (QED) is 0.811. The molecule has 2 bridgehead atoms. The molecule has 0 radical (unpaired) electrons. The zero-order valence-electron chi connectivity index (χ0n) is 9.35. The van der Waals surface area contributed by atoms with Crippen molar-refractivity contribution < 1.29 is 24.2 Å². The van der Waals surface area contributed by atoms with Crippen LogP contribution in [0.3, 0.4) is 0 Å². The Morgan fingerprint density at radius 3 is 2.67 bits per heavy atom. The average Bonchev–Trinajstić information content (AvgIpc) is 2.74. The van der Waals surface area contributed by atoms with Crippen molar-refractivity contribution in [1.29, 1.82) is 0 Å². The van der Waals surface area contributed by atoms with E-state index in [1.54, 1.807) is 12.1 Å². The smallest absolute Gasteiger partial charge is 0.335 e. The zero-order valence-corrected chi connectivity index (χ0v) is 9.35. The Morgan fingerprint density at radius 1 is 1.28 bits per heavy atom. The molecule has 0 aliphatic carbocycles. The van der Waals surface area contributed by atoms with E-state index in [0.29, 0.717) is 0 Å². The number of anilines is 1. The Morgan fingerprint density at radius 2 is 2.00 bits per heavy atom. The van der Waals surface area contributed by atoms with Gasteiger partial charge in [-0.15, -0.1) is 0 Å². The Balaban J connectivity index is 1.88. The first-order valence-electron chi connectivity index (χ1n) is 5.57. The van der Waals surface area contributed by atoms with Crippen molar-refractivity contribution in [2.45, 2.75) is 18.5 Å². The molecular weight excluding hydrogens is 238 g/mol. The third kappa shape index (κ3) is 1.66. The number of morpholine rings is 1. The fourth-order valence-corrected chi connectivity index (χ4v) is 2.19. The van der Waals surface area contributed by atoms with E-state index in [1.807, 2.05) is 18.2 Å². The number of rotatable bonds is 2. The van der Waals surface area contributed by atoms with Gasteiger partial charge in [-0.2, -0.15) is 0 Å². The highest BCUT2D eigenvalue weighted by Gasteiger charge is 2.50. The van der Waals surface area contributed by atoms with E-state index in [4.69, 9.17) is 14.6 Å². The summed E-state index contributed by atoms with van der Waals surface area (Å²) in [6, 6.07) is 9.06. The SMILES string of the molecule is O=C(O)[C@H]1O[C@@H]2O[C@@H]1CN(c1ccccc1)C2=O. The molecule has 1 amide bonds. The predicted molar refractivity (Wildman–Crippen MR) is 60.0 cm³/mol. The molecule has 3 atom stereocenters. The van der Waals surface area contributed by atoms with Crippen LogP contribution in [0.1, 0.15) is 0 Å². The maximum Gasteiger partial charge on any atom is 0.335 e. The lowest BCUT2D eigenvalue weighted by atomic mass is 10.1. The minimum Gasteiger partial charge on any atom is -0.479 e. The van der Waals surface area contributed by atoms with E-state index in [0.717, 1.165) is 5.69 Å². The topological polar surface area (TPSA) is 76.1 Å². The van der Waals surface area contributed by atoms with E-state index in [1.165, 1.54) is 4.90 Å². The number of hydrogen-bond donors (Lipinski definition) is 1.